The summed E-state index contributed by atoms with van der Waals surface area (Å²) in [5.41, 5.74) is 2.13. The van der Waals surface area contributed by atoms with Crippen LogP contribution in [0.25, 0.3) is 0 Å². The zero-order valence-electron chi connectivity index (χ0n) is 13.9. The van der Waals surface area contributed by atoms with Gasteiger partial charge in [-0.05, 0) is 55.5 Å². The molecule has 3 rings (SSSR count). The summed E-state index contributed by atoms with van der Waals surface area (Å²) in [5, 5.41) is 3.12. The molecule has 1 N–H and O–H groups in total. The highest BCUT2D eigenvalue weighted by Gasteiger charge is 2.11. The number of carbonyl (C=O) groups is 2. The number of benzene rings is 2. The number of hydrogen-bond donors (Lipinski definition) is 1. The SMILES string of the molecule is Cc1ccc(C(=O)Oc2ccc(NC(=O)c3ccccc3Cl)cc2)cn1. The molecule has 0 aliphatic rings. The predicted octanol–water partition coefficient (Wildman–Crippen LogP) is 4.51. The second-order valence-corrected chi connectivity index (χ2v) is 5.94. The van der Waals surface area contributed by atoms with Gasteiger partial charge < -0.3 is 10.1 Å². The van der Waals surface area contributed by atoms with Crippen LogP contribution in [0.2, 0.25) is 5.02 Å². The normalized spacial score (nSPS) is 10.2. The summed E-state index contributed by atoms with van der Waals surface area (Å²) in [7, 11) is 0. The lowest BCUT2D eigenvalue weighted by molar-refractivity contribution is 0.0734. The van der Waals surface area contributed by atoms with Crippen LogP contribution in [0, 0.1) is 6.92 Å². The quantitative estimate of drug-likeness (QED) is 0.544. The molecule has 0 spiro atoms. The number of amides is 1. The van der Waals surface area contributed by atoms with Gasteiger partial charge in [0.1, 0.15) is 5.75 Å². The molecule has 1 amide bonds. The van der Waals surface area contributed by atoms with Crippen LogP contribution >= 0.6 is 11.6 Å². The van der Waals surface area contributed by atoms with E-state index in [0.29, 0.717) is 27.6 Å². The Morgan fingerprint density at radius 1 is 1.00 bits per heavy atom. The van der Waals surface area contributed by atoms with Gasteiger partial charge in [0.15, 0.2) is 0 Å². The van der Waals surface area contributed by atoms with Gasteiger partial charge in [-0.3, -0.25) is 9.78 Å². The van der Waals surface area contributed by atoms with E-state index in [4.69, 9.17) is 16.3 Å². The Morgan fingerprint density at radius 2 is 1.73 bits per heavy atom. The average molecular weight is 367 g/mol. The van der Waals surface area contributed by atoms with Gasteiger partial charge in [-0.1, -0.05) is 23.7 Å². The number of rotatable bonds is 4. The molecule has 0 fully saturated rings. The maximum absolute atomic E-state index is 12.2. The molecule has 0 aliphatic carbocycles. The first kappa shape index (κ1) is 17.6. The van der Waals surface area contributed by atoms with Crippen molar-refractivity contribution in [3.63, 3.8) is 0 Å². The summed E-state index contributed by atoms with van der Waals surface area (Å²) in [5.74, 6) is -0.442. The van der Waals surface area contributed by atoms with Gasteiger partial charge in [0.05, 0.1) is 16.1 Å². The number of aryl methyl sites for hydroxylation is 1. The van der Waals surface area contributed by atoms with Crippen LogP contribution in [-0.4, -0.2) is 16.9 Å². The Morgan fingerprint density at radius 3 is 2.38 bits per heavy atom. The number of nitrogens with one attached hydrogen (secondary N) is 1. The van der Waals surface area contributed by atoms with Gasteiger partial charge in [-0.25, -0.2) is 4.79 Å². The third kappa shape index (κ3) is 4.26. The van der Waals surface area contributed by atoms with Crippen molar-refractivity contribution in [1.29, 1.82) is 0 Å². The topological polar surface area (TPSA) is 68.3 Å². The van der Waals surface area contributed by atoms with Crippen LogP contribution in [0.15, 0.2) is 66.9 Å². The van der Waals surface area contributed by atoms with Gasteiger partial charge in [-0.15, -0.1) is 0 Å². The van der Waals surface area contributed by atoms with E-state index >= 15 is 0 Å². The minimum atomic E-state index is -0.495. The molecule has 26 heavy (non-hydrogen) atoms. The summed E-state index contributed by atoms with van der Waals surface area (Å²) in [4.78, 5) is 28.4. The molecule has 0 atom stereocenters. The Balaban J connectivity index is 1.65. The van der Waals surface area contributed by atoms with Crippen molar-refractivity contribution in [2.75, 3.05) is 5.32 Å². The molecule has 0 unspecified atom stereocenters. The van der Waals surface area contributed by atoms with Crippen molar-refractivity contribution < 1.29 is 14.3 Å². The number of hydrogen-bond acceptors (Lipinski definition) is 4. The smallest absolute Gasteiger partial charge is 0.345 e. The number of esters is 1. The van der Waals surface area contributed by atoms with Crippen LogP contribution in [0.4, 0.5) is 5.69 Å². The Hall–Kier alpha value is -3.18. The summed E-state index contributed by atoms with van der Waals surface area (Å²) in [6, 6.07) is 16.7. The van der Waals surface area contributed by atoms with Gasteiger partial charge in [-0.2, -0.15) is 0 Å². The zero-order chi connectivity index (χ0) is 18.5. The molecule has 5 nitrogen and oxygen atoms in total. The van der Waals surface area contributed by atoms with E-state index in [2.05, 4.69) is 10.3 Å². The maximum Gasteiger partial charge on any atom is 0.345 e. The molecule has 0 saturated heterocycles. The largest absolute Gasteiger partial charge is 0.423 e. The molecule has 130 valence electrons. The molecular weight excluding hydrogens is 352 g/mol. The first-order valence-corrected chi connectivity index (χ1v) is 8.21. The predicted molar refractivity (Wildman–Crippen MR) is 99.8 cm³/mol. The monoisotopic (exact) mass is 366 g/mol. The molecule has 0 saturated carbocycles. The third-order valence-corrected chi connectivity index (χ3v) is 3.92. The van der Waals surface area contributed by atoms with Crippen molar-refractivity contribution in [3.8, 4) is 5.75 Å². The molecule has 1 heterocycles. The highest BCUT2D eigenvalue weighted by atomic mass is 35.5. The fraction of sp³-hybridized carbons (Fsp3) is 0.0500. The number of nitrogens with zero attached hydrogens (tertiary/aromatic N) is 1. The second-order valence-electron chi connectivity index (χ2n) is 5.54. The summed E-state index contributed by atoms with van der Waals surface area (Å²) >= 11 is 6.01. The van der Waals surface area contributed by atoms with Crippen molar-refractivity contribution in [2.45, 2.75) is 6.92 Å². The summed E-state index contributed by atoms with van der Waals surface area (Å²) < 4.78 is 5.29. The van der Waals surface area contributed by atoms with E-state index < -0.39 is 5.97 Å². The van der Waals surface area contributed by atoms with Gasteiger partial charge in [0, 0.05) is 17.6 Å². The number of halogens is 1. The molecule has 0 radical (unpaired) electrons. The van der Waals surface area contributed by atoms with Crippen LogP contribution in [0.5, 0.6) is 5.75 Å². The minimum absolute atomic E-state index is 0.314. The van der Waals surface area contributed by atoms with E-state index in [0.717, 1.165) is 5.69 Å². The number of ether oxygens (including phenoxy) is 1. The number of aromatic nitrogens is 1. The minimum Gasteiger partial charge on any atom is -0.423 e. The first-order chi connectivity index (χ1) is 12.5. The second kappa shape index (κ2) is 7.80. The third-order valence-electron chi connectivity index (χ3n) is 3.59. The highest BCUT2D eigenvalue weighted by Crippen LogP contribution is 2.20. The van der Waals surface area contributed by atoms with Gasteiger partial charge >= 0.3 is 5.97 Å². The van der Waals surface area contributed by atoms with Gasteiger partial charge in [0.2, 0.25) is 0 Å². The van der Waals surface area contributed by atoms with E-state index in [1.165, 1.54) is 6.20 Å². The lowest BCUT2D eigenvalue weighted by atomic mass is 10.2. The molecule has 6 heteroatoms. The van der Waals surface area contributed by atoms with E-state index in [1.54, 1.807) is 60.7 Å². The molecule has 3 aromatic rings. The summed E-state index contributed by atoms with van der Waals surface area (Å²) in [6.45, 7) is 1.84. The number of carbonyl (C=O) groups excluding carboxylic acids is 2. The average Bonchev–Trinajstić information content (AvgIpc) is 2.64. The first-order valence-electron chi connectivity index (χ1n) is 7.84. The van der Waals surface area contributed by atoms with E-state index in [1.807, 2.05) is 6.92 Å². The molecule has 0 bridgehead atoms. The highest BCUT2D eigenvalue weighted by molar-refractivity contribution is 6.34. The van der Waals surface area contributed by atoms with Crippen molar-refractivity contribution in [3.05, 3.63) is 88.7 Å². The van der Waals surface area contributed by atoms with Gasteiger partial charge in [0.25, 0.3) is 5.91 Å². The molecule has 1 aromatic heterocycles. The molecular formula is C20H15ClN2O3. The Bertz CT molecular complexity index is 938. The van der Waals surface area contributed by atoms with Crippen LogP contribution in [0.1, 0.15) is 26.4 Å². The fourth-order valence-corrected chi connectivity index (χ4v) is 2.43. The lowest BCUT2D eigenvalue weighted by Gasteiger charge is -2.08. The zero-order valence-corrected chi connectivity index (χ0v) is 14.7. The summed E-state index contributed by atoms with van der Waals surface area (Å²) in [6.07, 6.45) is 1.47. The molecule has 0 aliphatic heterocycles. The standard InChI is InChI=1S/C20H15ClN2O3/c1-13-6-7-14(12-22-13)20(25)26-16-10-8-15(9-11-16)23-19(24)17-4-2-3-5-18(17)21/h2-12H,1H3,(H,23,24). The van der Waals surface area contributed by atoms with Crippen molar-refractivity contribution in [1.82, 2.24) is 4.98 Å². The number of anilines is 1. The van der Waals surface area contributed by atoms with Crippen LogP contribution in [0.3, 0.4) is 0 Å². The Labute approximate surface area is 155 Å². The Kier molecular flexibility index (Phi) is 5.29. The van der Waals surface area contributed by atoms with E-state index in [-0.39, 0.29) is 5.91 Å². The van der Waals surface area contributed by atoms with Crippen molar-refractivity contribution >= 4 is 29.2 Å². The fourth-order valence-electron chi connectivity index (χ4n) is 2.20. The van der Waals surface area contributed by atoms with Crippen LogP contribution < -0.4 is 10.1 Å². The van der Waals surface area contributed by atoms with Crippen LogP contribution in [-0.2, 0) is 0 Å². The lowest BCUT2D eigenvalue weighted by Crippen LogP contribution is -2.12. The van der Waals surface area contributed by atoms with Crippen molar-refractivity contribution in [2.24, 2.45) is 0 Å². The maximum atomic E-state index is 12.2. The molecule has 2 aromatic carbocycles. The number of pyridine rings is 1. The van der Waals surface area contributed by atoms with E-state index in [9.17, 15) is 9.59 Å².